The Balaban J connectivity index is 1.73. The van der Waals surface area contributed by atoms with E-state index < -0.39 is 0 Å². The average Bonchev–Trinajstić information content (AvgIpc) is 3.31. The van der Waals surface area contributed by atoms with Gasteiger partial charge >= 0.3 is 0 Å². The van der Waals surface area contributed by atoms with Gasteiger partial charge in [-0.3, -0.25) is 4.98 Å². The van der Waals surface area contributed by atoms with Gasteiger partial charge in [0.2, 0.25) is 0 Å². The molecule has 0 unspecified atom stereocenters. The molecule has 0 saturated carbocycles. The van der Waals surface area contributed by atoms with E-state index in [9.17, 15) is 0 Å². The molecule has 4 aromatic rings. The van der Waals surface area contributed by atoms with Crippen LogP contribution < -0.4 is 10.2 Å². The Morgan fingerprint density at radius 3 is 2.29 bits per heavy atom. The number of hydrogen-bond donors (Lipinski definition) is 1. The molecule has 0 spiro atoms. The standard InChI is InChI=1S/C28H27FN4S/c1-17-10-9-11-18(2)26(17)32-19(3)16-21(20(32)4)27-25(23-13-7-8-15-30-23)31-28(34)33(27)24-14-6-5-12-22(24)29/h5-16,25,27H,1-4H3,(H,31,34)/t25-,27+/m1/s1. The summed E-state index contributed by atoms with van der Waals surface area (Å²) in [5.74, 6) is -0.304. The Morgan fingerprint density at radius 1 is 0.912 bits per heavy atom. The first-order valence-electron chi connectivity index (χ1n) is 11.4. The lowest BCUT2D eigenvalue weighted by molar-refractivity contribution is 0.556. The largest absolute Gasteiger partial charge is 0.351 e. The summed E-state index contributed by atoms with van der Waals surface area (Å²) in [5, 5.41) is 3.92. The van der Waals surface area contributed by atoms with Gasteiger partial charge in [0.05, 0.1) is 29.2 Å². The van der Waals surface area contributed by atoms with Gasteiger partial charge in [-0.25, -0.2) is 4.39 Å². The molecule has 6 heteroatoms. The summed E-state index contributed by atoms with van der Waals surface area (Å²) < 4.78 is 17.3. The quantitative estimate of drug-likeness (QED) is 0.349. The van der Waals surface area contributed by atoms with E-state index in [4.69, 9.17) is 12.2 Å². The summed E-state index contributed by atoms with van der Waals surface area (Å²) in [6.45, 7) is 8.52. The predicted molar refractivity (Wildman–Crippen MR) is 139 cm³/mol. The molecule has 1 aliphatic heterocycles. The van der Waals surface area contributed by atoms with Crippen LogP contribution in [0.15, 0.2) is 72.9 Å². The monoisotopic (exact) mass is 470 g/mol. The number of rotatable bonds is 4. The summed E-state index contributed by atoms with van der Waals surface area (Å²) in [4.78, 5) is 6.52. The molecule has 2 aromatic heterocycles. The summed E-state index contributed by atoms with van der Waals surface area (Å²) in [7, 11) is 0. The van der Waals surface area contributed by atoms with Crippen molar-refractivity contribution in [3.63, 3.8) is 0 Å². The van der Waals surface area contributed by atoms with Gasteiger partial charge in [0, 0.05) is 17.6 Å². The van der Waals surface area contributed by atoms with Crippen molar-refractivity contribution in [1.82, 2.24) is 14.9 Å². The maximum atomic E-state index is 15.0. The Labute approximate surface area is 205 Å². The van der Waals surface area contributed by atoms with Crippen molar-refractivity contribution in [2.75, 3.05) is 4.90 Å². The lowest BCUT2D eigenvalue weighted by Gasteiger charge is -2.28. The zero-order valence-corrected chi connectivity index (χ0v) is 20.5. The van der Waals surface area contributed by atoms with E-state index in [1.165, 1.54) is 22.9 Å². The van der Waals surface area contributed by atoms with Crippen molar-refractivity contribution >= 4 is 23.0 Å². The molecule has 0 amide bonds. The van der Waals surface area contributed by atoms with E-state index in [1.807, 2.05) is 29.2 Å². The van der Waals surface area contributed by atoms with Gasteiger partial charge in [-0.15, -0.1) is 0 Å². The molecule has 0 aliphatic carbocycles. The summed E-state index contributed by atoms with van der Waals surface area (Å²) in [6, 6.07) is 20.7. The number of nitrogens with one attached hydrogen (secondary N) is 1. The minimum absolute atomic E-state index is 0.222. The summed E-state index contributed by atoms with van der Waals surface area (Å²) in [5.41, 5.74) is 8.24. The van der Waals surface area contributed by atoms with Gasteiger partial charge in [-0.2, -0.15) is 0 Å². The third-order valence-corrected chi connectivity index (χ3v) is 6.98. The average molecular weight is 471 g/mol. The highest BCUT2D eigenvalue weighted by molar-refractivity contribution is 7.80. The fourth-order valence-corrected chi connectivity index (χ4v) is 5.51. The Hall–Kier alpha value is -3.51. The Morgan fingerprint density at radius 2 is 1.62 bits per heavy atom. The highest BCUT2D eigenvalue weighted by atomic mass is 32.1. The van der Waals surface area contributed by atoms with E-state index >= 15 is 4.39 Å². The summed E-state index contributed by atoms with van der Waals surface area (Å²) in [6.07, 6.45) is 1.78. The van der Waals surface area contributed by atoms with Crippen molar-refractivity contribution in [3.8, 4) is 5.69 Å². The fourth-order valence-electron chi connectivity index (χ4n) is 5.17. The van der Waals surface area contributed by atoms with Gasteiger partial charge in [-0.05, 0) is 86.9 Å². The van der Waals surface area contributed by atoms with Crippen molar-refractivity contribution < 1.29 is 4.39 Å². The molecule has 2 aromatic carbocycles. The van der Waals surface area contributed by atoms with Crippen LogP contribution in [0.25, 0.3) is 5.69 Å². The van der Waals surface area contributed by atoms with Crippen molar-refractivity contribution in [2.24, 2.45) is 0 Å². The van der Waals surface area contributed by atoms with Crippen molar-refractivity contribution in [3.05, 3.63) is 113 Å². The first kappa shape index (κ1) is 22.3. The number of thiocarbonyl (C=S) groups is 1. The molecule has 172 valence electrons. The second-order valence-electron chi connectivity index (χ2n) is 8.85. The molecule has 0 radical (unpaired) electrons. The van der Waals surface area contributed by atoms with Crippen LogP contribution in [0, 0.1) is 33.5 Å². The molecular formula is C28H27FN4S. The van der Waals surface area contributed by atoms with Crippen LogP contribution in [-0.2, 0) is 0 Å². The molecule has 34 heavy (non-hydrogen) atoms. The normalized spacial score (nSPS) is 17.8. The maximum Gasteiger partial charge on any atom is 0.174 e. The van der Waals surface area contributed by atoms with Crippen LogP contribution in [0.4, 0.5) is 10.1 Å². The highest BCUT2D eigenvalue weighted by Gasteiger charge is 2.43. The minimum Gasteiger partial charge on any atom is -0.351 e. The van der Waals surface area contributed by atoms with E-state index in [1.54, 1.807) is 18.3 Å². The molecule has 1 N–H and O–H groups in total. The predicted octanol–water partition coefficient (Wildman–Crippen LogP) is 6.42. The number of benzene rings is 2. The summed E-state index contributed by atoms with van der Waals surface area (Å²) >= 11 is 5.77. The molecule has 0 bridgehead atoms. The van der Waals surface area contributed by atoms with Crippen LogP contribution in [0.5, 0.6) is 0 Å². The van der Waals surface area contributed by atoms with Crippen LogP contribution >= 0.6 is 12.2 Å². The molecule has 3 heterocycles. The van der Waals surface area contributed by atoms with Crippen LogP contribution in [-0.4, -0.2) is 14.7 Å². The van der Waals surface area contributed by atoms with Gasteiger partial charge < -0.3 is 14.8 Å². The molecule has 5 rings (SSSR count). The maximum absolute atomic E-state index is 15.0. The number of aromatic nitrogens is 2. The van der Waals surface area contributed by atoms with Gasteiger partial charge in [0.25, 0.3) is 0 Å². The molecule has 4 nitrogen and oxygen atoms in total. The van der Waals surface area contributed by atoms with Gasteiger partial charge in [0.15, 0.2) is 5.11 Å². The molecule has 1 fully saturated rings. The highest BCUT2D eigenvalue weighted by Crippen LogP contribution is 2.44. The Bertz CT molecular complexity index is 1360. The van der Waals surface area contributed by atoms with E-state index in [-0.39, 0.29) is 17.9 Å². The smallest absolute Gasteiger partial charge is 0.174 e. The number of halogens is 1. The van der Waals surface area contributed by atoms with Crippen LogP contribution in [0.1, 0.15) is 45.9 Å². The first-order valence-corrected chi connectivity index (χ1v) is 11.8. The third kappa shape index (κ3) is 3.59. The zero-order valence-electron chi connectivity index (χ0n) is 19.7. The number of anilines is 1. The van der Waals surface area contributed by atoms with Crippen LogP contribution in [0.3, 0.4) is 0 Å². The lowest BCUT2D eigenvalue weighted by Crippen LogP contribution is -2.30. The second-order valence-corrected chi connectivity index (χ2v) is 9.24. The second kappa shape index (κ2) is 8.69. The SMILES string of the molecule is Cc1cccc(C)c1-n1c(C)cc([C@H]2[C@@H](c3ccccn3)NC(=S)N2c2ccccc2F)c1C. The first-order chi connectivity index (χ1) is 16.4. The van der Waals surface area contributed by atoms with Crippen molar-refractivity contribution in [2.45, 2.75) is 39.8 Å². The minimum atomic E-state index is -0.304. The molecule has 1 saturated heterocycles. The number of hydrogen-bond acceptors (Lipinski definition) is 2. The molecule has 1 aliphatic rings. The van der Waals surface area contributed by atoms with Gasteiger partial charge in [-0.1, -0.05) is 36.4 Å². The Kier molecular flexibility index (Phi) is 5.70. The van der Waals surface area contributed by atoms with E-state index in [0.717, 1.165) is 22.6 Å². The number of aryl methyl sites for hydroxylation is 3. The van der Waals surface area contributed by atoms with Gasteiger partial charge in [0.1, 0.15) is 5.82 Å². The van der Waals surface area contributed by atoms with Crippen LogP contribution in [0.2, 0.25) is 0 Å². The van der Waals surface area contributed by atoms with E-state index in [2.05, 4.69) is 66.8 Å². The third-order valence-electron chi connectivity index (χ3n) is 6.66. The lowest BCUT2D eigenvalue weighted by atomic mass is 9.96. The topological polar surface area (TPSA) is 33.1 Å². The number of para-hydroxylation sites is 2. The molecular weight excluding hydrogens is 443 g/mol. The van der Waals surface area contributed by atoms with Crippen molar-refractivity contribution in [1.29, 1.82) is 0 Å². The number of nitrogens with zero attached hydrogens (tertiary/aromatic N) is 3. The molecule has 2 atom stereocenters. The fraction of sp³-hybridized carbons (Fsp3) is 0.214. The zero-order chi connectivity index (χ0) is 24.0. The van der Waals surface area contributed by atoms with E-state index in [0.29, 0.717) is 10.8 Å². The number of pyridine rings is 1.